The van der Waals surface area contributed by atoms with Gasteiger partial charge in [-0.1, -0.05) is 82.1 Å². The fourth-order valence-corrected chi connectivity index (χ4v) is 10.5. The molecule has 0 spiro atoms. The lowest BCUT2D eigenvalue weighted by atomic mass is 9.44. The molecule has 358 valence electrons. The molecule has 1 heterocycles. The first-order chi connectivity index (χ1) is 31.0. The number of nitrogens with one attached hydrogen (secondary N) is 1. The molecule has 6 rings (SSSR count). The van der Waals surface area contributed by atoms with Gasteiger partial charge in [0.2, 0.25) is 5.91 Å². The summed E-state index contributed by atoms with van der Waals surface area (Å²) in [7, 11) is 0. The van der Waals surface area contributed by atoms with E-state index in [1.807, 2.05) is 6.92 Å². The summed E-state index contributed by atoms with van der Waals surface area (Å²) in [6.07, 6.45) is -8.27. The fraction of sp³-hybridized carbons (Fsp3) is 0.571. The molecule has 66 heavy (non-hydrogen) atoms. The number of rotatable bonds is 15. The molecule has 1 saturated heterocycles. The van der Waals surface area contributed by atoms with Crippen molar-refractivity contribution < 1.29 is 72.2 Å². The van der Waals surface area contributed by atoms with Crippen molar-refractivity contribution in [3.8, 4) is 0 Å². The molecule has 2 aromatic rings. The van der Waals surface area contributed by atoms with Crippen LogP contribution in [0.2, 0.25) is 0 Å². The molecule has 4 unspecified atom stereocenters. The van der Waals surface area contributed by atoms with Crippen LogP contribution in [0.5, 0.6) is 0 Å². The fourth-order valence-electron chi connectivity index (χ4n) is 10.5. The molecule has 12 atom stereocenters. The maximum absolute atomic E-state index is 15.9. The van der Waals surface area contributed by atoms with Crippen molar-refractivity contribution in [3.05, 3.63) is 82.9 Å². The molecule has 17 heteroatoms. The van der Waals surface area contributed by atoms with Crippen LogP contribution in [0, 0.1) is 16.7 Å². The van der Waals surface area contributed by atoms with Gasteiger partial charge in [0.15, 0.2) is 23.6 Å². The maximum Gasteiger partial charge on any atom is 0.338 e. The quantitative estimate of drug-likeness (QED) is 0.0856. The van der Waals surface area contributed by atoms with Crippen LogP contribution in [0.15, 0.2) is 71.8 Å². The van der Waals surface area contributed by atoms with Crippen molar-refractivity contribution in [2.45, 2.75) is 154 Å². The Hall–Kier alpha value is -5.49. The number of benzene rings is 2. The average molecular weight is 919 g/mol. The van der Waals surface area contributed by atoms with Gasteiger partial charge in [-0.05, 0) is 56.0 Å². The highest BCUT2D eigenvalue weighted by atomic mass is 16.6. The van der Waals surface area contributed by atoms with Gasteiger partial charge >= 0.3 is 29.8 Å². The van der Waals surface area contributed by atoms with Crippen molar-refractivity contribution >= 4 is 41.5 Å². The summed E-state index contributed by atoms with van der Waals surface area (Å²) < 4.78 is 36.8. The van der Waals surface area contributed by atoms with Gasteiger partial charge in [-0.3, -0.25) is 24.0 Å². The van der Waals surface area contributed by atoms with Gasteiger partial charge in [0.1, 0.15) is 36.1 Å². The standard InChI is InChI=1S/C49H62N2O15/c1-9-10-13-22-35(54)51-37(30-18-14-11-15-19-30)38(55)45(59)63-32-24-49(60)42(65-44(58)31-20-16-12-17-21-31)40-47(8,41(56)39(62-28(4)52)36(26(32)2)46(49,6)7)33(64-43(57)27(3)50)23-34-48(40,25-61-34)66-29(5)53/h11-12,14-21,27,32-34,37-40,42,55,60H,9-10,13,22-25,50H2,1-8H3,(H,51,54)/t27?,32-,33-,34?,37?,38-,39+,40?,42-,47+,48-,49+/m0/s1. The van der Waals surface area contributed by atoms with Crippen LogP contribution in [-0.4, -0.2) is 112 Å². The average Bonchev–Trinajstić information content (AvgIpc) is 3.26. The number of Topliss-reactive ketones (excluding diaryl/α,β-unsaturated/α-hetero) is 1. The molecule has 2 aromatic carbocycles. The predicted octanol–water partition coefficient (Wildman–Crippen LogP) is 3.90. The van der Waals surface area contributed by atoms with Gasteiger partial charge in [0.25, 0.3) is 0 Å². The lowest BCUT2D eigenvalue weighted by molar-refractivity contribution is -0.346. The highest BCUT2D eigenvalue weighted by Gasteiger charge is 2.79. The summed E-state index contributed by atoms with van der Waals surface area (Å²) in [5.41, 5.74) is -1.58. The molecule has 1 amide bonds. The van der Waals surface area contributed by atoms with Crippen LogP contribution in [0.1, 0.15) is 116 Å². The van der Waals surface area contributed by atoms with E-state index in [1.54, 1.807) is 62.4 Å². The molecule has 4 aliphatic rings. The number of hydrogen-bond acceptors (Lipinski definition) is 16. The minimum absolute atomic E-state index is 0.0289. The third-order valence-corrected chi connectivity index (χ3v) is 14.1. The minimum atomic E-state index is -2.44. The Balaban J connectivity index is 1.57. The first kappa shape index (κ1) is 49.9. The molecule has 3 fully saturated rings. The van der Waals surface area contributed by atoms with Crippen LogP contribution in [0.3, 0.4) is 0 Å². The van der Waals surface area contributed by atoms with E-state index in [4.69, 9.17) is 34.2 Å². The van der Waals surface area contributed by atoms with Crippen molar-refractivity contribution in [1.29, 1.82) is 0 Å². The van der Waals surface area contributed by atoms with Gasteiger partial charge in [0, 0.05) is 38.5 Å². The van der Waals surface area contributed by atoms with Gasteiger partial charge in [-0.15, -0.1) is 0 Å². The summed E-state index contributed by atoms with van der Waals surface area (Å²) in [5.74, 6) is -7.74. The molecule has 2 saturated carbocycles. The minimum Gasteiger partial charge on any atom is -0.460 e. The van der Waals surface area contributed by atoms with Crippen molar-refractivity contribution in [2.75, 3.05) is 6.61 Å². The Morgan fingerprint density at radius 2 is 1.53 bits per heavy atom. The predicted molar refractivity (Wildman–Crippen MR) is 234 cm³/mol. The summed E-state index contributed by atoms with van der Waals surface area (Å²) in [4.78, 5) is 97.8. The summed E-state index contributed by atoms with van der Waals surface area (Å²) in [5, 5.41) is 28.4. The number of esters is 5. The van der Waals surface area contributed by atoms with Crippen molar-refractivity contribution in [1.82, 2.24) is 5.32 Å². The zero-order valence-electron chi connectivity index (χ0n) is 38.7. The van der Waals surface area contributed by atoms with Crippen LogP contribution >= 0.6 is 0 Å². The second-order valence-corrected chi connectivity index (χ2v) is 18.7. The number of ether oxygens (including phenoxy) is 6. The van der Waals surface area contributed by atoms with E-state index in [-0.39, 0.29) is 36.2 Å². The second-order valence-electron chi connectivity index (χ2n) is 18.7. The first-order valence-electron chi connectivity index (χ1n) is 22.5. The molecule has 3 aliphatic carbocycles. The second kappa shape index (κ2) is 19.4. The Bertz CT molecular complexity index is 2230. The summed E-state index contributed by atoms with van der Waals surface area (Å²) in [6.45, 7) is 11.3. The number of hydrogen-bond donors (Lipinski definition) is 4. The molecule has 0 radical (unpaired) electrons. The number of ketones is 1. The lowest BCUT2D eigenvalue weighted by Crippen LogP contribution is -2.82. The van der Waals surface area contributed by atoms with E-state index >= 15 is 4.79 Å². The van der Waals surface area contributed by atoms with Gasteiger partial charge < -0.3 is 49.7 Å². The number of unbranched alkanes of at least 4 members (excludes halogenated alkanes) is 2. The smallest absolute Gasteiger partial charge is 0.338 e. The normalized spacial score (nSPS) is 31.1. The largest absolute Gasteiger partial charge is 0.460 e. The van der Waals surface area contributed by atoms with Crippen molar-refractivity contribution in [3.63, 3.8) is 0 Å². The first-order valence-corrected chi connectivity index (χ1v) is 22.5. The topological polar surface area (TPSA) is 253 Å². The third-order valence-electron chi connectivity index (χ3n) is 14.1. The Kier molecular flexibility index (Phi) is 14.7. The van der Waals surface area contributed by atoms with Crippen LogP contribution < -0.4 is 11.1 Å². The highest BCUT2D eigenvalue weighted by molar-refractivity contribution is 5.96. The van der Waals surface area contributed by atoms with Crippen molar-refractivity contribution in [2.24, 2.45) is 22.5 Å². The molecule has 17 nitrogen and oxygen atoms in total. The molecule has 5 N–H and O–H groups in total. The van der Waals surface area contributed by atoms with Crippen LogP contribution in [-0.2, 0) is 57.2 Å². The summed E-state index contributed by atoms with van der Waals surface area (Å²) >= 11 is 0. The Morgan fingerprint density at radius 1 is 0.894 bits per heavy atom. The van der Waals surface area contributed by atoms with Crippen LogP contribution in [0.4, 0.5) is 0 Å². The molecular formula is C49H62N2O15. The van der Waals surface area contributed by atoms with Gasteiger partial charge in [0.05, 0.1) is 29.5 Å². The summed E-state index contributed by atoms with van der Waals surface area (Å²) in [6, 6.07) is 13.7. The van der Waals surface area contributed by atoms with E-state index in [1.165, 1.54) is 32.9 Å². The van der Waals surface area contributed by atoms with Crippen LogP contribution in [0.25, 0.3) is 0 Å². The zero-order chi connectivity index (χ0) is 48.5. The lowest BCUT2D eigenvalue weighted by Gasteiger charge is -2.67. The zero-order valence-corrected chi connectivity index (χ0v) is 38.7. The molecule has 0 aromatic heterocycles. The number of aliphatic hydroxyl groups is 2. The number of aliphatic hydroxyl groups excluding tert-OH is 1. The highest BCUT2D eigenvalue weighted by Crippen LogP contribution is 2.65. The van der Waals surface area contributed by atoms with E-state index in [2.05, 4.69) is 5.32 Å². The molecule has 2 bridgehead atoms. The number of fused-ring (bicyclic) bond motifs is 5. The Labute approximate surface area is 384 Å². The number of carbonyl (C=O) groups is 7. The number of carbonyl (C=O) groups excluding carboxylic acids is 7. The monoisotopic (exact) mass is 918 g/mol. The van der Waals surface area contributed by atoms with E-state index in [0.717, 1.165) is 26.7 Å². The Morgan fingerprint density at radius 3 is 2.09 bits per heavy atom. The SMILES string of the molecule is CCCCCC(=O)NC(c1ccccc1)[C@H](O)C(=O)O[C@H]1C[C@@]2(O)[C@@H](OC(=O)c3ccccc3)C3[C@]4(OC(C)=O)COC4C[C@H](OC(=O)C(C)N)[C@@]3(C)C(=O)[C@H](OC(C)=O)C(=C1C)C2(C)C. The van der Waals surface area contributed by atoms with E-state index < -0.39 is 125 Å². The molecule has 1 aliphatic heterocycles. The maximum atomic E-state index is 15.9. The third kappa shape index (κ3) is 9.02. The number of amides is 1. The van der Waals surface area contributed by atoms with E-state index in [0.29, 0.717) is 12.0 Å². The van der Waals surface area contributed by atoms with Gasteiger partial charge in [-0.2, -0.15) is 0 Å². The number of nitrogens with two attached hydrogens (primary N) is 1. The van der Waals surface area contributed by atoms with E-state index in [9.17, 15) is 39.0 Å². The molecular weight excluding hydrogens is 857 g/mol. The van der Waals surface area contributed by atoms with Gasteiger partial charge in [-0.25, -0.2) is 9.59 Å².